The van der Waals surface area contributed by atoms with Crippen molar-refractivity contribution < 1.29 is 17.9 Å². The first kappa shape index (κ1) is 14.3. The molecule has 6 heteroatoms. The lowest BCUT2D eigenvalue weighted by Gasteiger charge is -2.23. The van der Waals surface area contributed by atoms with Crippen molar-refractivity contribution in [3.8, 4) is 0 Å². The second kappa shape index (κ2) is 6.36. The quantitative estimate of drug-likeness (QED) is 0.883. The van der Waals surface area contributed by atoms with Crippen LogP contribution in [0.2, 0.25) is 0 Å². The summed E-state index contributed by atoms with van der Waals surface area (Å²) in [4.78, 5) is 0.359. The average molecular weight is 285 g/mol. The van der Waals surface area contributed by atoms with E-state index in [9.17, 15) is 8.42 Å². The minimum Gasteiger partial charge on any atom is -0.382 e. The number of rotatable bonds is 5. The highest BCUT2D eigenvalue weighted by Gasteiger charge is 2.14. The van der Waals surface area contributed by atoms with Crippen LogP contribution in [0.3, 0.4) is 0 Å². The molecule has 1 fully saturated rings. The molecular weight excluding hydrogens is 266 g/mol. The molecule has 0 amide bonds. The Morgan fingerprint density at radius 1 is 1.26 bits per heavy atom. The summed E-state index contributed by atoms with van der Waals surface area (Å²) >= 11 is 0. The normalized spacial score (nSPS) is 20.2. The summed E-state index contributed by atoms with van der Waals surface area (Å²) in [5, 5.41) is 3.21. The Balaban J connectivity index is 1.91. The molecule has 1 unspecified atom stereocenters. The predicted molar refractivity (Wildman–Crippen MR) is 73.2 cm³/mol. The van der Waals surface area contributed by atoms with Gasteiger partial charge in [0.1, 0.15) is 0 Å². The van der Waals surface area contributed by atoms with Gasteiger partial charge in [0.2, 0.25) is 0 Å². The molecule has 1 atom stereocenters. The first-order valence-electron chi connectivity index (χ1n) is 6.38. The molecule has 2 rings (SSSR count). The van der Waals surface area contributed by atoms with Crippen LogP contribution in [0.5, 0.6) is 0 Å². The molecule has 0 radical (unpaired) electrons. The van der Waals surface area contributed by atoms with Gasteiger partial charge in [-0.3, -0.25) is 0 Å². The van der Waals surface area contributed by atoms with Crippen LogP contribution in [-0.4, -0.2) is 46.6 Å². The summed E-state index contributed by atoms with van der Waals surface area (Å²) < 4.78 is 34.1. The smallest absolute Gasteiger partial charge is 0.178 e. The van der Waals surface area contributed by atoms with Gasteiger partial charge in [-0.25, -0.2) is 8.42 Å². The van der Waals surface area contributed by atoms with Crippen molar-refractivity contribution in [3.05, 3.63) is 24.3 Å². The first-order chi connectivity index (χ1) is 9.12. The monoisotopic (exact) mass is 285 g/mol. The number of ether oxygens (including phenoxy) is 2. The van der Waals surface area contributed by atoms with Crippen LogP contribution in [0, 0.1) is 0 Å². The molecule has 0 aromatic heterocycles. The Morgan fingerprint density at radius 2 is 2.00 bits per heavy atom. The molecule has 19 heavy (non-hydrogen) atoms. The summed E-state index contributed by atoms with van der Waals surface area (Å²) in [5.41, 5.74) is 0.879. The Kier molecular flexibility index (Phi) is 4.79. The summed E-state index contributed by atoms with van der Waals surface area (Å²) in [6.07, 6.45) is 0.0489. The first-order valence-corrected chi connectivity index (χ1v) is 8.03. The highest BCUT2D eigenvalue weighted by molar-refractivity contribution is 7.91. The molecule has 1 saturated heterocycles. The van der Waals surface area contributed by atoms with Gasteiger partial charge in [-0.1, -0.05) is 6.92 Å². The van der Waals surface area contributed by atoms with Gasteiger partial charge in [0.25, 0.3) is 0 Å². The van der Waals surface area contributed by atoms with E-state index in [1.165, 1.54) is 0 Å². The number of anilines is 1. The molecule has 0 bridgehead atoms. The highest BCUT2D eigenvalue weighted by Crippen LogP contribution is 2.15. The van der Waals surface area contributed by atoms with Crippen molar-refractivity contribution in [1.82, 2.24) is 0 Å². The van der Waals surface area contributed by atoms with E-state index < -0.39 is 9.84 Å². The van der Waals surface area contributed by atoms with Crippen LogP contribution in [0.15, 0.2) is 29.2 Å². The molecule has 1 aromatic rings. The van der Waals surface area contributed by atoms with E-state index >= 15 is 0 Å². The van der Waals surface area contributed by atoms with E-state index in [0.29, 0.717) is 31.3 Å². The lowest BCUT2D eigenvalue weighted by molar-refractivity contribution is -0.0818. The van der Waals surface area contributed by atoms with Crippen LogP contribution in [0.4, 0.5) is 5.69 Å². The van der Waals surface area contributed by atoms with Gasteiger partial charge in [0.05, 0.1) is 36.6 Å². The topological polar surface area (TPSA) is 64.6 Å². The van der Waals surface area contributed by atoms with E-state index in [1.54, 1.807) is 31.2 Å². The fraction of sp³-hybridized carbons (Fsp3) is 0.538. The van der Waals surface area contributed by atoms with Gasteiger partial charge in [0.15, 0.2) is 9.84 Å². The van der Waals surface area contributed by atoms with Crippen molar-refractivity contribution in [3.63, 3.8) is 0 Å². The van der Waals surface area contributed by atoms with Gasteiger partial charge in [0, 0.05) is 12.2 Å². The highest BCUT2D eigenvalue weighted by atomic mass is 32.2. The van der Waals surface area contributed by atoms with Crippen LogP contribution in [0.1, 0.15) is 6.92 Å². The third-order valence-corrected chi connectivity index (χ3v) is 4.76. The third kappa shape index (κ3) is 3.92. The lowest BCUT2D eigenvalue weighted by Crippen LogP contribution is -2.34. The molecule has 0 aliphatic carbocycles. The minimum atomic E-state index is -3.12. The van der Waals surface area contributed by atoms with E-state index in [2.05, 4.69) is 5.32 Å². The SMILES string of the molecule is CCS(=O)(=O)c1ccc(NCC2COCCO2)cc1. The van der Waals surface area contributed by atoms with Gasteiger partial charge < -0.3 is 14.8 Å². The molecule has 106 valence electrons. The van der Waals surface area contributed by atoms with Gasteiger partial charge in [-0.05, 0) is 24.3 Å². The van der Waals surface area contributed by atoms with Crippen LogP contribution < -0.4 is 5.32 Å². The van der Waals surface area contributed by atoms with E-state index in [4.69, 9.17) is 9.47 Å². The van der Waals surface area contributed by atoms with Crippen molar-refractivity contribution in [1.29, 1.82) is 0 Å². The molecule has 1 N–H and O–H groups in total. The molecule has 1 aromatic carbocycles. The van der Waals surface area contributed by atoms with Crippen molar-refractivity contribution in [2.75, 3.05) is 37.4 Å². The molecule has 5 nitrogen and oxygen atoms in total. The van der Waals surface area contributed by atoms with Crippen LogP contribution >= 0.6 is 0 Å². The fourth-order valence-electron chi connectivity index (χ4n) is 1.83. The molecule has 0 saturated carbocycles. The summed E-state index contributed by atoms with van der Waals surface area (Å²) in [7, 11) is -3.12. The van der Waals surface area contributed by atoms with Gasteiger partial charge in [-0.2, -0.15) is 0 Å². The van der Waals surface area contributed by atoms with E-state index in [-0.39, 0.29) is 11.9 Å². The molecule has 1 aliphatic rings. The molecule has 0 spiro atoms. The van der Waals surface area contributed by atoms with E-state index in [1.807, 2.05) is 0 Å². The lowest BCUT2D eigenvalue weighted by atomic mass is 10.3. The summed E-state index contributed by atoms with van der Waals surface area (Å²) in [5.74, 6) is 0.118. The zero-order valence-corrected chi connectivity index (χ0v) is 11.8. The number of hydrogen-bond donors (Lipinski definition) is 1. The third-order valence-electron chi connectivity index (χ3n) is 3.01. The second-order valence-electron chi connectivity index (χ2n) is 4.38. The maximum absolute atomic E-state index is 11.7. The molecular formula is C13H19NO4S. The summed E-state index contributed by atoms with van der Waals surface area (Å²) in [6.45, 7) is 4.16. The average Bonchev–Trinajstić information content (AvgIpc) is 2.47. The number of nitrogens with one attached hydrogen (secondary N) is 1. The maximum Gasteiger partial charge on any atom is 0.178 e. The van der Waals surface area contributed by atoms with Crippen LogP contribution in [0.25, 0.3) is 0 Å². The maximum atomic E-state index is 11.7. The molecule has 1 aliphatic heterocycles. The fourth-order valence-corrected chi connectivity index (χ4v) is 2.72. The minimum absolute atomic E-state index is 0.0489. The Morgan fingerprint density at radius 3 is 2.58 bits per heavy atom. The second-order valence-corrected chi connectivity index (χ2v) is 6.65. The zero-order valence-electron chi connectivity index (χ0n) is 11.0. The Bertz CT molecular complexity index is 492. The predicted octanol–water partition coefficient (Wildman–Crippen LogP) is 1.31. The van der Waals surface area contributed by atoms with E-state index in [0.717, 1.165) is 5.69 Å². The largest absolute Gasteiger partial charge is 0.382 e. The number of hydrogen-bond acceptors (Lipinski definition) is 5. The number of benzene rings is 1. The van der Waals surface area contributed by atoms with Crippen molar-refractivity contribution in [2.45, 2.75) is 17.9 Å². The van der Waals surface area contributed by atoms with Crippen molar-refractivity contribution >= 4 is 15.5 Å². The standard InChI is InChI=1S/C13H19NO4S/c1-2-19(15,16)13-5-3-11(4-6-13)14-9-12-10-17-7-8-18-12/h3-6,12,14H,2,7-10H2,1H3. The van der Waals surface area contributed by atoms with Crippen LogP contribution in [-0.2, 0) is 19.3 Å². The van der Waals surface area contributed by atoms with Crippen molar-refractivity contribution in [2.24, 2.45) is 0 Å². The molecule has 1 heterocycles. The zero-order chi connectivity index (χ0) is 13.7. The van der Waals surface area contributed by atoms with Gasteiger partial charge in [-0.15, -0.1) is 0 Å². The summed E-state index contributed by atoms with van der Waals surface area (Å²) in [6, 6.07) is 6.79. The number of sulfone groups is 1. The Labute approximate surface area is 113 Å². The van der Waals surface area contributed by atoms with Gasteiger partial charge >= 0.3 is 0 Å². The Hall–Kier alpha value is -1.11.